The number of aryl methyl sites for hydroxylation is 2. The molecule has 1 aromatic carbocycles. The number of amides is 2. The van der Waals surface area contributed by atoms with Gasteiger partial charge in [0.2, 0.25) is 15.9 Å². The second-order valence-electron chi connectivity index (χ2n) is 7.00. The summed E-state index contributed by atoms with van der Waals surface area (Å²) in [6, 6.07) is 2.01. The summed E-state index contributed by atoms with van der Waals surface area (Å²) in [4.78, 5) is 24.9. The van der Waals surface area contributed by atoms with Gasteiger partial charge in [-0.3, -0.25) is 25.3 Å². The Hall–Kier alpha value is -1.97. The lowest BCUT2D eigenvalue weighted by Gasteiger charge is -2.34. The molecule has 9 heteroatoms. The Balaban J connectivity index is 2.08. The molecule has 1 aliphatic rings. The predicted molar refractivity (Wildman–Crippen MR) is 103 cm³/mol. The Kier molecular flexibility index (Phi) is 6.61. The summed E-state index contributed by atoms with van der Waals surface area (Å²) >= 11 is 0. The van der Waals surface area contributed by atoms with Gasteiger partial charge in [-0.05, 0) is 49.9 Å². The van der Waals surface area contributed by atoms with Crippen LogP contribution in [0.3, 0.4) is 0 Å². The van der Waals surface area contributed by atoms with Crippen molar-refractivity contribution in [1.29, 1.82) is 0 Å². The maximum absolute atomic E-state index is 13.2. The molecule has 0 spiro atoms. The zero-order chi connectivity index (χ0) is 20.4. The van der Waals surface area contributed by atoms with E-state index in [1.165, 1.54) is 11.2 Å². The monoisotopic (exact) mass is 396 g/mol. The minimum Gasteiger partial charge on any atom is -0.292 e. The van der Waals surface area contributed by atoms with Crippen LogP contribution in [-0.4, -0.2) is 62.2 Å². The van der Waals surface area contributed by atoms with Gasteiger partial charge in [0.15, 0.2) is 0 Å². The number of hydrogen-bond donors (Lipinski definition) is 2. The molecule has 1 aliphatic heterocycles. The van der Waals surface area contributed by atoms with Crippen LogP contribution in [-0.2, 0) is 19.6 Å². The van der Waals surface area contributed by atoms with Crippen molar-refractivity contribution in [3.63, 3.8) is 0 Å². The van der Waals surface area contributed by atoms with E-state index in [2.05, 4.69) is 10.9 Å². The zero-order valence-corrected chi connectivity index (χ0v) is 17.4. The largest absolute Gasteiger partial charge is 0.292 e. The van der Waals surface area contributed by atoms with Crippen molar-refractivity contribution in [3.8, 4) is 0 Å². The molecule has 0 atom stereocenters. The minimum atomic E-state index is -3.59. The van der Waals surface area contributed by atoms with E-state index < -0.39 is 10.0 Å². The Bertz CT molecular complexity index is 817. The van der Waals surface area contributed by atoms with Crippen LogP contribution in [0.15, 0.2) is 11.0 Å². The minimum absolute atomic E-state index is 0.107. The third-order valence-electron chi connectivity index (χ3n) is 4.97. The van der Waals surface area contributed by atoms with Gasteiger partial charge < -0.3 is 0 Å². The molecule has 0 aliphatic carbocycles. The van der Waals surface area contributed by atoms with Crippen molar-refractivity contribution in [2.45, 2.75) is 39.5 Å². The topological polar surface area (TPSA) is 98.8 Å². The van der Waals surface area contributed by atoms with Gasteiger partial charge in [0.05, 0.1) is 11.4 Å². The van der Waals surface area contributed by atoms with E-state index in [9.17, 15) is 18.0 Å². The van der Waals surface area contributed by atoms with Crippen LogP contribution in [0.4, 0.5) is 0 Å². The summed E-state index contributed by atoms with van der Waals surface area (Å²) in [6.45, 7) is 10.5. The second-order valence-corrected chi connectivity index (χ2v) is 8.87. The Morgan fingerprint density at radius 1 is 0.963 bits per heavy atom. The van der Waals surface area contributed by atoms with Gasteiger partial charge in [-0.2, -0.15) is 4.31 Å². The summed E-state index contributed by atoms with van der Waals surface area (Å²) in [6.07, 6.45) is 0. The molecule has 0 bridgehead atoms. The fourth-order valence-corrected chi connectivity index (χ4v) is 5.22. The Labute approximate surface area is 160 Å². The molecule has 2 rings (SSSR count). The molecular weight excluding hydrogens is 368 g/mol. The number of hydrogen-bond acceptors (Lipinski definition) is 5. The number of nitrogens with one attached hydrogen (secondary N) is 2. The second kappa shape index (κ2) is 8.37. The van der Waals surface area contributed by atoms with E-state index in [0.29, 0.717) is 31.1 Å². The summed E-state index contributed by atoms with van der Waals surface area (Å²) in [7, 11) is -3.59. The van der Waals surface area contributed by atoms with Crippen molar-refractivity contribution in [2.24, 2.45) is 0 Å². The molecule has 0 aromatic heterocycles. The van der Waals surface area contributed by atoms with Crippen LogP contribution in [0.2, 0.25) is 0 Å². The van der Waals surface area contributed by atoms with E-state index in [0.717, 1.165) is 22.3 Å². The van der Waals surface area contributed by atoms with E-state index in [-0.39, 0.29) is 18.4 Å². The molecule has 2 amide bonds. The molecule has 1 saturated heterocycles. The molecule has 2 N–H and O–H groups in total. The highest BCUT2D eigenvalue weighted by Crippen LogP contribution is 2.29. The lowest BCUT2D eigenvalue weighted by Crippen LogP contribution is -2.52. The average molecular weight is 397 g/mol. The van der Waals surface area contributed by atoms with Crippen LogP contribution >= 0.6 is 0 Å². The molecular formula is C18H28N4O4S. The molecule has 1 fully saturated rings. The van der Waals surface area contributed by atoms with E-state index in [1.54, 1.807) is 0 Å². The predicted octanol–water partition coefficient (Wildman–Crippen LogP) is 0.394. The SMILES string of the molecule is CC(=O)NNC(=O)CN1CCN(S(=O)(=O)c2c(C)c(C)cc(C)c2C)CC1. The summed E-state index contributed by atoms with van der Waals surface area (Å²) < 4.78 is 27.9. The highest BCUT2D eigenvalue weighted by Gasteiger charge is 2.32. The first-order valence-corrected chi connectivity index (χ1v) is 10.3. The summed E-state index contributed by atoms with van der Waals surface area (Å²) in [5.74, 6) is -0.680. The van der Waals surface area contributed by atoms with Crippen molar-refractivity contribution in [1.82, 2.24) is 20.1 Å². The summed E-state index contributed by atoms with van der Waals surface area (Å²) in [5.41, 5.74) is 8.05. The lowest BCUT2D eigenvalue weighted by molar-refractivity contribution is -0.128. The molecule has 0 unspecified atom stereocenters. The maximum atomic E-state index is 13.2. The van der Waals surface area contributed by atoms with Gasteiger partial charge in [-0.15, -0.1) is 0 Å². The lowest BCUT2D eigenvalue weighted by atomic mass is 10.0. The number of carbonyl (C=O) groups is 2. The van der Waals surface area contributed by atoms with Crippen LogP contribution in [0.5, 0.6) is 0 Å². The van der Waals surface area contributed by atoms with E-state index in [4.69, 9.17) is 0 Å². The van der Waals surface area contributed by atoms with Crippen molar-refractivity contribution in [3.05, 3.63) is 28.3 Å². The maximum Gasteiger partial charge on any atom is 0.252 e. The first-order valence-electron chi connectivity index (χ1n) is 8.89. The number of benzene rings is 1. The third-order valence-corrected chi connectivity index (χ3v) is 7.14. The van der Waals surface area contributed by atoms with E-state index >= 15 is 0 Å². The van der Waals surface area contributed by atoms with Crippen LogP contribution in [0.25, 0.3) is 0 Å². The number of carbonyl (C=O) groups excluding carboxylic acids is 2. The first kappa shape index (κ1) is 21.3. The first-order chi connectivity index (χ1) is 12.5. The molecule has 1 heterocycles. The number of rotatable bonds is 4. The zero-order valence-electron chi connectivity index (χ0n) is 16.5. The third kappa shape index (κ3) is 4.85. The highest BCUT2D eigenvalue weighted by molar-refractivity contribution is 7.89. The van der Waals surface area contributed by atoms with Crippen molar-refractivity contribution in [2.75, 3.05) is 32.7 Å². The highest BCUT2D eigenvalue weighted by atomic mass is 32.2. The molecule has 8 nitrogen and oxygen atoms in total. The van der Waals surface area contributed by atoms with Crippen LogP contribution < -0.4 is 10.9 Å². The normalized spacial score (nSPS) is 16.2. The number of sulfonamides is 1. The molecule has 150 valence electrons. The van der Waals surface area contributed by atoms with Gasteiger partial charge in [0.1, 0.15) is 0 Å². The van der Waals surface area contributed by atoms with Gasteiger partial charge in [0, 0.05) is 33.1 Å². The van der Waals surface area contributed by atoms with Crippen molar-refractivity contribution < 1.29 is 18.0 Å². The quantitative estimate of drug-likeness (QED) is 0.718. The van der Waals surface area contributed by atoms with E-state index in [1.807, 2.05) is 38.7 Å². The van der Waals surface area contributed by atoms with Gasteiger partial charge in [-0.25, -0.2) is 8.42 Å². The summed E-state index contributed by atoms with van der Waals surface area (Å²) in [5, 5.41) is 0. The standard InChI is InChI=1S/C18H28N4O4S/c1-12-10-13(2)15(4)18(14(12)3)27(25,26)22-8-6-21(7-9-22)11-17(24)20-19-16(5)23/h10H,6-9,11H2,1-5H3,(H,19,23)(H,20,24). The fourth-order valence-electron chi connectivity index (χ4n) is 3.23. The van der Waals surface area contributed by atoms with Gasteiger partial charge >= 0.3 is 0 Å². The molecule has 27 heavy (non-hydrogen) atoms. The number of nitrogens with zero attached hydrogens (tertiary/aromatic N) is 2. The van der Waals surface area contributed by atoms with Crippen LogP contribution in [0, 0.1) is 27.7 Å². The fraction of sp³-hybridized carbons (Fsp3) is 0.556. The molecule has 1 aromatic rings. The van der Waals surface area contributed by atoms with Crippen molar-refractivity contribution >= 4 is 21.8 Å². The molecule has 0 radical (unpaired) electrons. The number of hydrazine groups is 1. The van der Waals surface area contributed by atoms with Gasteiger partial charge in [-0.1, -0.05) is 6.07 Å². The Morgan fingerprint density at radius 3 is 1.96 bits per heavy atom. The average Bonchev–Trinajstić information content (AvgIpc) is 2.59. The van der Waals surface area contributed by atoms with Gasteiger partial charge in [0.25, 0.3) is 5.91 Å². The number of piperazine rings is 1. The van der Waals surface area contributed by atoms with Crippen LogP contribution in [0.1, 0.15) is 29.2 Å². The smallest absolute Gasteiger partial charge is 0.252 e. The Morgan fingerprint density at radius 2 is 1.48 bits per heavy atom. The molecule has 0 saturated carbocycles.